The number of thiazole rings is 1. The number of carbonyl (C=O) groups excluding carboxylic acids is 1. The van der Waals surface area contributed by atoms with Gasteiger partial charge in [-0.15, -0.1) is 0 Å². The van der Waals surface area contributed by atoms with Crippen LogP contribution in [0.2, 0.25) is 0 Å². The maximum Gasteiger partial charge on any atom is 0.279 e. The lowest BCUT2D eigenvalue weighted by Crippen LogP contribution is -2.19. The summed E-state index contributed by atoms with van der Waals surface area (Å²) in [4.78, 5) is 17.5. The van der Waals surface area contributed by atoms with Crippen molar-refractivity contribution in [1.29, 1.82) is 0 Å². The van der Waals surface area contributed by atoms with Gasteiger partial charge >= 0.3 is 0 Å². The summed E-state index contributed by atoms with van der Waals surface area (Å²) < 4.78 is 21.4. The number of halogens is 1. The average molecular weight is 380 g/mol. The van der Waals surface area contributed by atoms with Gasteiger partial charge in [0.1, 0.15) is 5.82 Å². The number of methoxy groups -OCH3 is 1. The van der Waals surface area contributed by atoms with Crippen LogP contribution in [0.1, 0.15) is 10.4 Å². The molecule has 0 aliphatic heterocycles. The quantitative estimate of drug-likeness (QED) is 0.527. The number of rotatable bonds is 4. The van der Waals surface area contributed by atoms with Gasteiger partial charge in [-0.25, -0.2) is 4.39 Å². The van der Waals surface area contributed by atoms with E-state index in [2.05, 4.69) is 23.2 Å². The maximum atomic E-state index is 13.1. The van der Waals surface area contributed by atoms with E-state index in [1.807, 2.05) is 22.8 Å². The van der Waals surface area contributed by atoms with Gasteiger partial charge in [0.2, 0.25) is 0 Å². The zero-order chi connectivity index (χ0) is 18.8. The van der Waals surface area contributed by atoms with Crippen LogP contribution in [-0.4, -0.2) is 24.2 Å². The molecule has 6 heteroatoms. The highest BCUT2D eigenvalue weighted by atomic mass is 32.1. The van der Waals surface area contributed by atoms with Gasteiger partial charge in [-0.1, -0.05) is 41.7 Å². The summed E-state index contributed by atoms with van der Waals surface area (Å²) in [5.74, 6) is -0.771. The highest BCUT2D eigenvalue weighted by Gasteiger charge is 2.11. The molecule has 0 spiro atoms. The van der Waals surface area contributed by atoms with Crippen molar-refractivity contribution in [2.24, 2.45) is 4.99 Å². The fourth-order valence-corrected chi connectivity index (χ4v) is 4.22. The molecule has 0 saturated carbocycles. The minimum absolute atomic E-state index is 0.358. The van der Waals surface area contributed by atoms with Crippen molar-refractivity contribution in [3.05, 3.63) is 76.8 Å². The summed E-state index contributed by atoms with van der Waals surface area (Å²) in [5, 5.41) is 2.27. The number of amides is 1. The van der Waals surface area contributed by atoms with Gasteiger partial charge in [0.05, 0.1) is 16.8 Å². The number of fused-ring (bicyclic) bond motifs is 3. The van der Waals surface area contributed by atoms with E-state index in [4.69, 9.17) is 4.74 Å². The largest absolute Gasteiger partial charge is 0.383 e. The number of hydrogen-bond acceptors (Lipinski definition) is 3. The topological polar surface area (TPSA) is 43.6 Å². The van der Waals surface area contributed by atoms with Gasteiger partial charge in [0.15, 0.2) is 4.80 Å². The van der Waals surface area contributed by atoms with Crippen molar-refractivity contribution in [2.45, 2.75) is 6.54 Å². The molecular formula is C21H17FN2O2S. The molecule has 4 nitrogen and oxygen atoms in total. The Labute approximate surface area is 159 Å². The molecule has 1 aromatic heterocycles. The van der Waals surface area contributed by atoms with Crippen molar-refractivity contribution in [2.75, 3.05) is 13.7 Å². The number of ether oxygens (including phenoxy) is 1. The van der Waals surface area contributed by atoms with Crippen LogP contribution in [0, 0.1) is 5.82 Å². The SMILES string of the molecule is COCCn1c(=NC(=O)c2ccc(F)cc2)sc2c3ccccc3ccc21. The molecule has 136 valence electrons. The van der Waals surface area contributed by atoms with E-state index in [0.717, 1.165) is 21.0 Å². The van der Waals surface area contributed by atoms with Crippen molar-refractivity contribution in [1.82, 2.24) is 4.57 Å². The molecule has 3 aromatic carbocycles. The molecule has 0 N–H and O–H groups in total. The molecule has 0 aliphatic rings. The zero-order valence-corrected chi connectivity index (χ0v) is 15.5. The Morgan fingerprint density at radius 1 is 1.11 bits per heavy atom. The van der Waals surface area contributed by atoms with Crippen molar-refractivity contribution in [3.63, 3.8) is 0 Å². The molecule has 4 rings (SSSR count). The van der Waals surface area contributed by atoms with Crippen LogP contribution in [-0.2, 0) is 11.3 Å². The summed E-state index contributed by atoms with van der Waals surface area (Å²) in [6, 6.07) is 17.7. The van der Waals surface area contributed by atoms with Crippen LogP contribution in [0.3, 0.4) is 0 Å². The summed E-state index contributed by atoms with van der Waals surface area (Å²) >= 11 is 1.48. The Hall–Kier alpha value is -2.83. The van der Waals surface area contributed by atoms with Gasteiger partial charge in [0.25, 0.3) is 5.91 Å². The van der Waals surface area contributed by atoms with E-state index >= 15 is 0 Å². The first kappa shape index (κ1) is 17.6. The van der Waals surface area contributed by atoms with E-state index < -0.39 is 5.91 Å². The third-order valence-corrected chi connectivity index (χ3v) is 5.51. The minimum Gasteiger partial charge on any atom is -0.383 e. The molecule has 0 bridgehead atoms. The van der Waals surface area contributed by atoms with Crippen LogP contribution in [0.5, 0.6) is 0 Å². The van der Waals surface area contributed by atoms with Crippen molar-refractivity contribution < 1.29 is 13.9 Å². The summed E-state index contributed by atoms with van der Waals surface area (Å²) in [6.07, 6.45) is 0. The lowest BCUT2D eigenvalue weighted by molar-refractivity contribution is 0.0997. The second kappa shape index (κ2) is 7.42. The molecule has 0 aliphatic carbocycles. The summed E-state index contributed by atoms with van der Waals surface area (Å²) in [5.41, 5.74) is 1.37. The first-order chi connectivity index (χ1) is 13.2. The predicted octanol–water partition coefficient (Wildman–Crippen LogP) is 4.38. The highest BCUT2D eigenvalue weighted by Crippen LogP contribution is 2.27. The third-order valence-electron chi connectivity index (χ3n) is 4.38. The molecule has 1 amide bonds. The fourth-order valence-electron chi connectivity index (χ4n) is 3.03. The lowest BCUT2D eigenvalue weighted by atomic mass is 10.1. The number of nitrogens with zero attached hydrogens (tertiary/aromatic N) is 2. The molecule has 0 atom stereocenters. The maximum absolute atomic E-state index is 13.1. The van der Waals surface area contributed by atoms with Gasteiger partial charge in [-0.3, -0.25) is 4.79 Å². The van der Waals surface area contributed by atoms with E-state index in [9.17, 15) is 9.18 Å². The second-order valence-electron chi connectivity index (χ2n) is 6.09. The summed E-state index contributed by atoms with van der Waals surface area (Å²) in [6.45, 7) is 1.10. The van der Waals surface area contributed by atoms with Gasteiger partial charge < -0.3 is 9.30 Å². The Bertz CT molecular complexity index is 1190. The molecule has 0 unspecified atom stereocenters. The normalized spacial score (nSPS) is 12.1. The smallest absolute Gasteiger partial charge is 0.279 e. The standard InChI is InChI=1S/C21H17FN2O2S/c1-26-13-12-24-18-11-8-14-4-2-3-5-17(14)19(18)27-21(24)23-20(25)15-6-9-16(22)10-7-15/h2-11H,12-13H2,1H3. The monoisotopic (exact) mass is 380 g/mol. The second-order valence-corrected chi connectivity index (χ2v) is 7.07. The van der Waals surface area contributed by atoms with E-state index in [1.165, 1.54) is 35.6 Å². The molecule has 27 heavy (non-hydrogen) atoms. The Kier molecular flexibility index (Phi) is 4.83. The van der Waals surface area contributed by atoms with E-state index in [-0.39, 0.29) is 5.82 Å². The average Bonchev–Trinajstić information content (AvgIpc) is 3.04. The van der Waals surface area contributed by atoms with Crippen LogP contribution in [0.15, 0.2) is 65.7 Å². The van der Waals surface area contributed by atoms with E-state index in [1.54, 1.807) is 7.11 Å². The van der Waals surface area contributed by atoms with E-state index in [0.29, 0.717) is 23.5 Å². The molecule has 0 radical (unpaired) electrons. The molecule has 0 saturated heterocycles. The summed E-state index contributed by atoms with van der Waals surface area (Å²) in [7, 11) is 1.64. The number of benzene rings is 3. The highest BCUT2D eigenvalue weighted by molar-refractivity contribution is 7.17. The predicted molar refractivity (Wildman–Crippen MR) is 105 cm³/mol. The Morgan fingerprint density at radius 2 is 1.89 bits per heavy atom. The third kappa shape index (κ3) is 3.41. The number of carbonyl (C=O) groups is 1. The van der Waals surface area contributed by atoms with Crippen LogP contribution >= 0.6 is 11.3 Å². The first-order valence-corrected chi connectivity index (χ1v) is 9.33. The molecule has 0 fully saturated rings. The lowest BCUT2D eigenvalue weighted by Gasteiger charge is -2.05. The van der Waals surface area contributed by atoms with Crippen LogP contribution in [0.4, 0.5) is 4.39 Å². The molecule has 4 aromatic rings. The van der Waals surface area contributed by atoms with Crippen LogP contribution in [0.25, 0.3) is 21.0 Å². The number of aromatic nitrogens is 1. The van der Waals surface area contributed by atoms with Gasteiger partial charge in [0, 0.05) is 24.6 Å². The molecule has 1 heterocycles. The van der Waals surface area contributed by atoms with Crippen molar-refractivity contribution in [3.8, 4) is 0 Å². The van der Waals surface area contributed by atoms with Crippen LogP contribution < -0.4 is 4.80 Å². The Morgan fingerprint density at radius 3 is 2.67 bits per heavy atom. The molecular weight excluding hydrogens is 363 g/mol. The van der Waals surface area contributed by atoms with Crippen molar-refractivity contribution >= 4 is 38.2 Å². The zero-order valence-electron chi connectivity index (χ0n) is 14.7. The number of hydrogen-bond donors (Lipinski definition) is 0. The Balaban J connectivity index is 1.91. The minimum atomic E-state index is -0.392. The fraction of sp³-hybridized carbons (Fsp3) is 0.143. The first-order valence-electron chi connectivity index (χ1n) is 8.52. The van der Waals surface area contributed by atoms with Gasteiger partial charge in [-0.05, 0) is 35.7 Å². The van der Waals surface area contributed by atoms with Gasteiger partial charge in [-0.2, -0.15) is 4.99 Å².